The molecule has 0 radical (unpaired) electrons. The van der Waals surface area contributed by atoms with E-state index in [-0.39, 0.29) is 5.91 Å². The summed E-state index contributed by atoms with van der Waals surface area (Å²) in [5.74, 6) is -0.503. The Morgan fingerprint density at radius 3 is 2.58 bits per heavy atom. The summed E-state index contributed by atoms with van der Waals surface area (Å²) < 4.78 is 5.05. The first-order valence-corrected chi connectivity index (χ1v) is 6.23. The summed E-state index contributed by atoms with van der Waals surface area (Å²) in [7, 11) is 1.59. The van der Waals surface area contributed by atoms with E-state index in [9.17, 15) is 9.59 Å². The number of carboxylic acid groups (broad SMARTS) is 1. The Kier molecular flexibility index (Phi) is 4.04. The standard InChI is InChI=1S/C14H17NO4/c1-19-12-4-2-10(3-5-12)8-13(16)15-7-6-11(9-15)14(17)18/h2-5,11H,6-9H2,1H3,(H,17,18)/t11-/m0/s1. The molecule has 1 aromatic rings. The van der Waals surface area contributed by atoms with Crippen LogP contribution in [0.15, 0.2) is 24.3 Å². The molecule has 5 nitrogen and oxygen atoms in total. The summed E-state index contributed by atoms with van der Waals surface area (Å²) in [4.78, 5) is 24.5. The smallest absolute Gasteiger partial charge is 0.308 e. The molecule has 0 saturated carbocycles. The number of carboxylic acids is 1. The van der Waals surface area contributed by atoms with Crippen LogP contribution in [-0.2, 0) is 16.0 Å². The zero-order valence-corrected chi connectivity index (χ0v) is 10.8. The lowest BCUT2D eigenvalue weighted by Gasteiger charge is -2.15. The third-order valence-electron chi connectivity index (χ3n) is 3.40. The van der Waals surface area contributed by atoms with Gasteiger partial charge in [0.15, 0.2) is 0 Å². The van der Waals surface area contributed by atoms with Crippen LogP contribution in [0.1, 0.15) is 12.0 Å². The normalized spacial score (nSPS) is 18.4. The maximum atomic E-state index is 12.0. The summed E-state index contributed by atoms with van der Waals surface area (Å²) in [6, 6.07) is 7.32. The van der Waals surface area contributed by atoms with Gasteiger partial charge in [-0.3, -0.25) is 9.59 Å². The Morgan fingerprint density at radius 1 is 1.37 bits per heavy atom. The molecule has 2 rings (SSSR count). The highest BCUT2D eigenvalue weighted by Crippen LogP contribution is 2.18. The monoisotopic (exact) mass is 263 g/mol. The molecule has 1 aliphatic heterocycles. The Balaban J connectivity index is 1.92. The van der Waals surface area contributed by atoms with E-state index in [1.807, 2.05) is 24.3 Å². The van der Waals surface area contributed by atoms with Crippen molar-refractivity contribution in [3.05, 3.63) is 29.8 Å². The molecular formula is C14H17NO4. The first-order chi connectivity index (χ1) is 9.10. The summed E-state index contributed by atoms with van der Waals surface area (Å²) in [5, 5.41) is 8.91. The molecule has 5 heteroatoms. The fourth-order valence-electron chi connectivity index (χ4n) is 2.22. The molecular weight excluding hydrogens is 246 g/mol. The number of ether oxygens (including phenoxy) is 1. The largest absolute Gasteiger partial charge is 0.497 e. The number of carbonyl (C=O) groups is 2. The second kappa shape index (κ2) is 5.73. The van der Waals surface area contributed by atoms with E-state index in [0.717, 1.165) is 11.3 Å². The second-order valence-corrected chi connectivity index (χ2v) is 4.69. The quantitative estimate of drug-likeness (QED) is 0.885. The molecule has 0 aromatic heterocycles. The summed E-state index contributed by atoms with van der Waals surface area (Å²) in [6.45, 7) is 0.857. The van der Waals surface area contributed by atoms with Gasteiger partial charge in [-0.2, -0.15) is 0 Å². The number of nitrogens with zero attached hydrogens (tertiary/aromatic N) is 1. The molecule has 1 amide bonds. The van der Waals surface area contributed by atoms with Crippen LogP contribution in [-0.4, -0.2) is 42.1 Å². The van der Waals surface area contributed by atoms with Crippen LogP contribution in [0.25, 0.3) is 0 Å². The van der Waals surface area contributed by atoms with Crippen LogP contribution < -0.4 is 4.74 Å². The maximum absolute atomic E-state index is 12.0. The van der Waals surface area contributed by atoms with Crippen molar-refractivity contribution < 1.29 is 19.4 Å². The minimum absolute atomic E-state index is 0.0195. The Labute approximate surface area is 111 Å². The Bertz CT molecular complexity index is 469. The third-order valence-corrected chi connectivity index (χ3v) is 3.40. The third kappa shape index (κ3) is 3.24. The molecule has 1 aromatic carbocycles. The molecule has 1 atom stereocenters. The van der Waals surface area contributed by atoms with Crippen LogP contribution in [0.5, 0.6) is 5.75 Å². The van der Waals surface area contributed by atoms with E-state index < -0.39 is 11.9 Å². The summed E-state index contributed by atoms with van der Waals surface area (Å²) in [6.07, 6.45) is 0.847. The number of benzene rings is 1. The molecule has 0 bridgehead atoms. The van der Waals surface area contributed by atoms with Crippen LogP contribution in [0, 0.1) is 5.92 Å². The van der Waals surface area contributed by atoms with Crippen molar-refractivity contribution >= 4 is 11.9 Å². The van der Waals surface area contributed by atoms with Crippen molar-refractivity contribution in [3.8, 4) is 5.75 Å². The molecule has 1 fully saturated rings. The number of hydrogen-bond acceptors (Lipinski definition) is 3. The highest BCUT2D eigenvalue weighted by molar-refractivity contribution is 5.80. The van der Waals surface area contributed by atoms with Gasteiger partial charge in [0.2, 0.25) is 5.91 Å². The average molecular weight is 263 g/mol. The van der Waals surface area contributed by atoms with Crippen molar-refractivity contribution in [1.82, 2.24) is 4.90 Å². The fraction of sp³-hybridized carbons (Fsp3) is 0.429. The van der Waals surface area contributed by atoms with Gasteiger partial charge in [-0.1, -0.05) is 12.1 Å². The predicted octanol–water partition coefficient (Wildman–Crippen LogP) is 1.17. The number of aliphatic carboxylic acids is 1. The molecule has 19 heavy (non-hydrogen) atoms. The molecule has 0 aliphatic carbocycles. The molecule has 1 heterocycles. The van der Waals surface area contributed by atoms with Gasteiger partial charge in [-0.25, -0.2) is 0 Å². The highest BCUT2D eigenvalue weighted by Gasteiger charge is 2.30. The van der Waals surface area contributed by atoms with E-state index in [1.165, 1.54) is 0 Å². The molecule has 0 spiro atoms. The predicted molar refractivity (Wildman–Crippen MR) is 69.0 cm³/mol. The van der Waals surface area contributed by atoms with Crippen molar-refractivity contribution in [2.45, 2.75) is 12.8 Å². The first-order valence-electron chi connectivity index (χ1n) is 6.23. The lowest BCUT2D eigenvalue weighted by atomic mass is 10.1. The van der Waals surface area contributed by atoms with Gasteiger partial charge in [0, 0.05) is 13.1 Å². The van der Waals surface area contributed by atoms with Gasteiger partial charge in [0.05, 0.1) is 19.4 Å². The van der Waals surface area contributed by atoms with Crippen LogP contribution >= 0.6 is 0 Å². The van der Waals surface area contributed by atoms with Gasteiger partial charge in [-0.15, -0.1) is 0 Å². The zero-order valence-electron chi connectivity index (χ0n) is 10.8. The van der Waals surface area contributed by atoms with Gasteiger partial charge in [-0.05, 0) is 24.1 Å². The number of rotatable bonds is 4. The average Bonchev–Trinajstić information content (AvgIpc) is 2.89. The minimum Gasteiger partial charge on any atom is -0.497 e. The molecule has 102 valence electrons. The number of likely N-dealkylation sites (tertiary alicyclic amines) is 1. The van der Waals surface area contributed by atoms with Gasteiger partial charge >= 0.3 is 5.97 Å². The summed E-state index contributed by atoms with van der Waals surface area (Å²) >= 11 is 0. The number of carbonyl (C=O) groups excluding carboxylic acids is 1. The van der Waals surface area contributed by atoms with E-state index >= 15 is 0 Å². The number of amides is 1. The molecule has 1 saturated heterocycles. The van der Waals surface area contributed by atoms with Crippen molar-refractivity contribution in [2.24, 2.45) is 5.92 Å². The first kappa shape index (κ1) is 13.4. The lowest BCUT2D eigenvalue weighted by Crippen LogP contribution is -2.31. The SMILES string of the molecule is COc1ccc(CC(=O)N2CC[C@H](C(=O)O)C2)cc1. The second-order valence-electron chi connectivity index (χ2n) is 4.69. The number of methoxy groups -OCH3 is 1. The molecule has 0 unspecified atom stereocenters. The highest BCUT2D eigenvalue weighted by atomic mass is 16.5. The van der Waals surface area contributed by atoms with Crippen LogP contribution in [0.2, 0.25) is 0 Å². The zero-order chi connectivity index (χ0) is 13.8. The van der Waals surface area contributed by atoms with Crippen molar-refractivity contribution in [3.63, 3.8) is 0 Å². The van der Waals surface area contributed by atoms with Crippen LogP contribution in [0.4, 0.5) is 0 Å². The van der Waals surface area contributed by atoms with Crippen molar-refractivity contribution in [1.29, 1.82) is 0 Å². The van der Waals surface area contributed by atoms with E-state index in [0.29, 0.717) is 25.9 Å². The topological polar surface area (TPSA) is 66.8 Å². The number of hydrogen-bond donors (Lipinski definition) is 1. The van der Waals surface area contributed by atoms with Gasteiger partial charge in [0.25, 0.3) is 0 Å². The fourth-order valence-corrected chi connectivity index (χ4v) is 2.22. The Hall–Kier alpha value is -2.04. The maximum Gasteiger partial charge on any atom is 0.308 e. The minimum atomic E-state index is -0.820. The van der Waals surface area contributed by atoms with Gasteiger partial charge in [0.1, 0.15) is 5.75 Å². The Morgan fingerprint density at radius 2 is 2.05 bits per heavy atom. The summed E-state index contributed by atoms with van der Waals surface area (Å²) in [5.41, 5.74) is 0.907. The van der Waals surface area contributed by atoms with E-state index in [4.69, 9.17) is 9.84 Å². The van der Waals surface area contributed by atoms with Gasteiger partial charge < -0.3 is 14.7 Å². The van der Waals surface area contributed by atoms with E-state index in [1.54, 1.807) is 12.0 Å². The molecule has 1 aliphatic rings. The van der Waals surface area contributed by atoms with E-state index in [2.05, 4.69) is 0 Å². The lowest BCUT2D eigenvalue weighted by molar-refractivity contribution is -0.141. The van der Waals surface area contributed by atoms with Crippen LogP contribution in [0.3, 0.4) is 0 Å². The van der Waals surface area contributed by atoms with Crippen molar-refractivity contribution in [2.75, 3.05) is 20.2 Å². The molecule has 1 N–H and O–H groups in total.